The van der Waals surface area contributed by atoms with Crippen LogP contribution >= 0.6 is 0 Å². The Morgan fingerprint density at radius 2 is 2.17 bits per heavy atom. The highest BCUT2D eigenvalue weighted by Crippen LogP contribution is 2.23. The van der Waals surface area contributed by atoms with Crippen LogP contribution in [-0.2, 0) is 14.6 Å². The van der Waals surface area contributed by atoms with Gasteiger partial charge in [0.2, 0.25) is 11.8 Å². The van der Waals surface area contributed by atoms with E-state index < -0.39 is 9.84 Å². The predicted octanol–water partition coefficient (Wildman–Crippen LogP) is 0.00490. The van der Waals surface area contributed by atoms with E-state index in [1.807, 2.05) is 11.0 Å². The number of hydrogen-bond donors (Lipinski definition) is 1. The summed E-state index contributed by atoms with van der Waals surface area (Å²) in [4.78, 5) is 14.5. The van der Waals surface area contributed by atoms with E-state index in [1.54, 1.807) is 6.07 Å². The van der Waals surface area contributed by atoms with Crippen molar-refractivity contribution in [3.8, 4) is 5.88 Å². The van der Waals surface area contributed by atoms with Gasteiger partial charge < -0.3 is 15.0 Å². The zero-order valence-corrected chi connectivity index (χ0v) is 14.5. The lowest BCUT2D eigenvalue weighted by Crippen LogP contribution is -2.46. The van der Waals surface area contributed by atoms with Crippen molar-refractivity contribution in [3.05, 3.63) is 12.1 Å². The number of piperidine rings is 1. The minimum absolute atomic E-state index is 0.0547. The van der Waals surface area contributed by atoms with E-state index in [0.29, 0.717) is 18.8 Å². The number of amides is 1. The highest BCUT2D eigenvalue weighted by Gasteiger charge is 2.32. The largest absolute Gasteiger partial charge is 0.480 e. The van der Waals surface area contributed by atoms with Crippen LogP contribution in [0.2, 0.25) is 0 Å². The van der Waals surface area contributed by atoms with Gasteiger partial charge in [-0.05, 0) is 25.3 Å². The lowest BCUT2D eigenvalue weighted by Gasteiger charge is -2.33. The molecule has 2 fully saturated rings. The lowest BCUT2D eigenvalue weighted by molar-refractivity contribution is -0.125. The molecule has 9 heteroatoms. The molecule has 1 aromatic rings. The molecule has 1 N–H and O–H groups in total. The first-order valence-electron chi connectivity index (χ1n) is 8.10. The smallest absolute Gasteiger partial charge is 0.233 e. The molecule has 0 saturated carbocycles. The molecule has 0 unspecified atom stereocenters. The number of carbonyl (C=O) groups is 1. The molecular weight excluding hydrogens is 332 g/mol. The molecule has 0 bridgehead atoms. The van der Waals surface area contributed by atoms with E-state index >= 15 is 0 Å². The summed E-state index contributed by atoms with van der Waals surface area (Å²) >= 11 is 0. The van der Waals surface area contributed by atoms with E-state index in [0.717, 1.165) is 25.2 Å². The third-order valence-electron chi connectivity index (χ3n) is 4.53. The van der Waals surface area contributed by atoms with E-state index in [9.17, 15) is 13.2 Å². The summed E-state index contributed by atoms with van der Waals surface area (Å²) < 4.78 is 28.0. The molecule has 24 heavy (non-hydrogen) atoms. The van der Waals surface area contributed by atoms with E-state index in [2.05, 4.69) is 15.5 Å². The number of hydrogen-bond acceptors (Lipinski definition) is 7. The van der Waals surface area contributed by atoms with Crippen LogP contribution in [-0.4, -0.2) is 62.3 Å². The van der Waals surface area contributed by atoms with Crippen molar-refractivity contribution in [1.82, 2.24) is 15.5 Å². The number of nitrogens with zero attached hydrogens (tertiary/aromatic N) is 3. The summed E-state index contributed by atoms with van der Waals surface area (Å²) in [5.74, 6) is 1.16. The van der Waals surface area contributed by atoms with Crippen molar-refractivity contribution in [1.29, 1.82) is 0 Å². The molecule has 0 spiro atoms. The maximum absolute atomic E-state index is 12.5. The zero-order valence-electron chi connectivity index (χ0n) is 13.6. The maximum atomic E-state index is 12.5. The van der Waals surface area contributed by atoms with Gasteiger partial charge in [-0.1, -0.05) is 0 Å². The van der Waals surface area contributed by atoms with Gasteiger partial charge in [-0.3, -0.25) is 4.79 Å². The first-order chi connectivity index (χ1) is 11.5. The van der Waals surface area contributed by atoms with Crippen LogP contribution in [0.5, 0.6) is 5.88 Å². The van der Waals surface area contributed by atoms with Crippen molar-refractivity contribution in [2.24, 2.45) is 5.92 Å². The molecule has 132 valence electrons. The summed E-state index contributed by atoms with van der Waals surface area (Å²) in [5.41, 5.74) is 0. The van der Waals surface area contributed by atoms with Gasteiger partial charge in [0, 0.05) is 25.2 Å². The van der Waals surface area contributed by atoms with Crippen LogP contribution in [0.15, 0.2) is 12.1 Å². The minimum atomic E-state index is -2.99. The van der Waals surface area contributed by atoms with Crippen LogP contribution in [0.3, 0.4) is 0 Å². The van der Waals surface area contributed by atoms with E-state index in [-0.39, 0.29) is 29.4 Å². The average molecular weight is 354 g/mol. The van der Waals surface area contributed by atoms with Crippen molar-refractivity contribution < 1.29 is 17.9 Å². The molecule has 2 saturated heterocycles. The molecule has 0 radical (unpaired) electrons. The summed E-state index contributed by atoms with van der Waals surface area (Å²) in [6.45, 7) is 1.38. The van der Waals surface area contributed by atoms with Crippen LogP contribution < -0.4 is 15.0 Å². The molecule has 2 atom stereocenters. The Kier molecular flexibility index (Phi) is 4.88. The van der Waals surface area contributed by atoms with E-state index in [4.69, 9.17) is 4.74 Å². The second-order valence-electron chi connectivity index (χ2n) is 6.33. The second kappa shape index (κ2) is 6.92. The highest BCUT2D eigenvalue weighted by molar-refractivity contribution is 7.91. The van der Waals surface area contributed by atoms with E-state index in [1.165, 1.54) is 7.11 Å². The van der Waals surface area contributed by atoms with Gasteiger partial charge in [0.25, 0.3) is 0 Å². The number of carbonyl (C=O) groups excluding carboxylic acids is 1. The molecule has 3 heterocycles. The van der Waals surface area contributed by atoms with Gasteiger partial charge in [0.05, 0.1) is 24.5 Å². The number of rotatable bonds is 4. The minimum Gasteiger partial charge on any atom is -0.480 e. The summed E-state index contributed by atoms with van der Waals surface area (Å²) in [7, 11) is -1.45. The Morgan fingerprint density at radius 1 is 1.33 bits per heavy atom. The normalized spacial score (nSPS) is 26.1. The summed E-state index contributed by atoms with van der Waals surface area (Å²) in [5, 5.41) is 11.0. The molecule has 0 aliphatic carbocycles. The SMILES string of the molecule is COc1ccc(N2CCC[C@H](C(=O)N[C@H]3CCS(=O)(=O)C3)C2)nn1. The molecule has 2 aliphatic rings. The first kappa shape index (κ1) is 16.9. The van der Waals surface area contributed by atoms with Gasteiger partial charge >= 0.3 is 0 Å². The lowest BCUT2D eigenvalue weighted by atomic mass is 9.96. The van der Waals surface area contributed by atoms with Gasteiger partial charge in [-0.25, -0.2) is 8.42 Å². The summed E-state index contributed by atoms with van der Waals surface area (Å²) in [6, 6.07) is 3.32. The standard InChI is InChI=1S/C15H22N4O4S/c1-23-14-5-4-13(17-18-14)19-7-2-3-11(9-19)15(20)16-12-6-8-24(21,22)10-12/h4-5,11-12H,2-3,6-10H2,1H3,(H,16,20)/t11-,12-/m0/s1. The van der Waals surface area contributed by atoms with Gasteiger partial charge in [0.15, 0.2) is 15.7 Å². The van der Waals surface area contributed by atoms with Crippen molar-refractivity contribution in [3.63, 3.8) is 0 Å². The zero-order chi connectivity index (χ0) is 17.2. The van der Waals surface area contributed by atoms with Crippen LogP contribution in [0, 0.1) is 5.92 Å². The Bertz CT molecular complexity index is 692. The average Bonchev–Trinajstić information content (AvgIpc) is 2.93. The number of ether oxygens (including phenoxy) is 1. The second-order valence-corrected chi connectivity index (χ2v) is 8.56. The van der Waals surface area contributed by atoms with Gasteiger partial charge in [0.1, 0.15) is 0 Å². The maximum Gasteiger partial charge on any atom is 0.233 e. The number of nitrogens with one attached hydrogen (secondary N) is 1. The van der Waals surface area contributed by atoms with Crippen molar-refractivity contribution in [2.75, 3.05) is 36.6 Å². The number of methoxy groups -OCH3 is 1. The quantitative estimate of drug-likeness (QED) is 0.812. The number of aromatic nitrogens is 2. The third-order valence-corrected chi connectivity index (χ3v) is 6.30. The van der Waals surface area contributed by atoms with Crippen LogP contribution in [0.1, 0.15) is 19.3 Å². The number of sulfone groups is 1. The fourth-order valence-corrected chi connectivity index (χ4v) is 4.89. The van der Waals surface area contributed by atoms with Gasteiger partial charge in [-0.2, -0.15) is 0 Å². The topological polar surface area (TPSA) is 101 Å². The van der Waals surface area contributed by atoms with Crippen LogP contribution in [0.4, 0.5) is 5.82 Å². The molecule has 8 nitrogen and oxygen atoms in total. The molecule has 1 amide bonds. The Hall–Kier alpha value is -1.90. The van der Waals surface area contributed by atoms with Crippen molar-refractivity contribution >= 4 is 21.6 Å². The van der Waals surface area contributed by atoms with Gasteiger partial charge in [-0.15, -0.1) is 10.2 Å². The molecule has 3 rings (SSSR count). The molecule has 0 aromatic carbocycles. The Morgan fingerprint density at radius 3 is 2.79 bits per heavy atom. The fraction of sp³-hybridized carbons (Fsp3) is 0.667. The summed E-state index contributed by atoms with van der Waals surface area (Å²) in [6.07, 6.45) is 2.19. The van der Waals surface area contributed by atoms with Crippen molar-refractivity contribution in [2.45, 2.75) is 25.3 Å². The Labute approximate surface area is 141 Å². The number of anilines is 1. The van der Waals surface area contributed by atoms with Crippen LogP contribution in [0.25, 0.3) is 0 Å². The highest BCUT2D eigenvalue weighted by atomic mass is 32.2. The monoisotopic (exact) mass is 354 g/mol. The molecule has 1 aromatic heterocycles. The predicted molar refractivity (Wildman–Crippen MR) is 88.7 cm³/mol. The Balaban J connectivity index is 1.59. The fourth-order valence-electron chi connectivity index (χ4n) is 3.22. The first-order valence-corrected chi connectivity index (χ1v) is 9.92. The third kappa shape index (κ3) is 3.95. The molecular formula is C15H22N4O4S. The molecule has 2 aliphatic heterocycles.